The molecule has 0 aliphatic rings. The highest BCUT2D eigenvalue weighted by molar-refractivity contribution is 7.15. The molecule has 1 N–H and O–H groups in total. The van der Waals surface area contributed by atoms with Crippen molar-refractivity contribution in [1.82, 2.24) is 15.4 Å². The Morgan fingerprint density at radius 2 is 2.14 bits per heavy atom. The Hall–Kier alpha value is -2.28. The Morgan fingerprint density at radius 1 is 1.33 bits per heavy atom. The molecule has 0 radical (unpaired) electrons. The summed E-state index contributed by atoms with van der Waals surface area (Å²) in [6.07, 6.45) is 0.146. The van der Waals surface area contributed by atoms with Gasteiger partial charge in [-0.1, -0.05) is 42.5 Å². The number of benzene rings is 1. The van der Waals surface area contributed by atoms with Crippen molar-refractivity contribution in [3.05, 3.63) is 35.0 Å². The topological polar surface area (TPSA) is 80.9 Å². The zero-order valence-electron chi connectivity index (χ0n) is 11.7. The van der Waals surface area contributed by atoms with E-state index in [9.17, 15) is 4.79 Å². The van der Waals surface area contributed by atoms with Crippen LogP contribution in [0.25, 0.3) is 11.0 Å². The van der Waals surface area contributed by atoms with E-state index in [1.54, 1.807) is 0 Å². The van der Waals surface area contributed by atoms with E-state index in [-0.39, 0.29) is 12.3 Å². The second-order valence-corrected chi connectivity index (χ2v) is 5.96. The lowest BCUT2D eigenvalue weighted by Gasteiger charge is -1.98. The fourth-order valence-corrected chi connectivity index (χ4v) is 2.66. The lowest BCUT2D eigenvalue weighted by molar-refractivity contribution is -0.115. The van der Waals surface area contributed by atoms with Gasteiger partial charge in [-0.2, -0.15) is 0 Å². The zero-order chi connectivity index (χ0) is 14.8. The number of amides is 1. The van der Waals surface area contributed by atoms with Gasteiger partial charge in [0.1, 0.15) is 10.7 Å². The molecule has 0 spiro atoms. The van der Waals surface area contributed by atoms with Crippen LogP contribution in [0.5, 0.6) is 0 Å². The summed E-state index contributed by atoms with van der Waals surface area (Å²) >= 11 is 1.39. The molecule has 0 bridgehead atoms. The van der Waals surface area contributed by atoms with Crippen molar-refractivity contribution in [1.29, 1.82) is 0 Å². The van der Waals surface area contributed by atoms with Crippen molar-refractivity contribution in [2.45, 2.75) is 26.2 Å². The maximum Gasteiger partial charge on any atom is 0.232 e. The second kappa shape index (κ2) is 5.61. The van der Waals surface area contributed by atoms with Crippen LogP contribution in [0.3, 0.4) is 0 Å². The van der Waals surface area contributed by atoms with Crippen LogP contribution in [-0.4, -0.2) is 21.3 Å². The molecular formula is C14H14N4O2S. The summed E-state index contributed by atoms with van der Waals surface area (Å²) in [5.41, 5.74) is 1.30. The van der Waals surface area contributed by atoms with Crippen molar-refractivity contribution < 1.29 is 9.32 Å². The lowest BCUT2D eigenvalue weighted by Crippen LogP contribution is -2.14. The molecule has 1 amide bonds. The minimum absolute atomic E-state index is 0.146. The molecule has 7 heteroatoms. The highest BCUT2D eigenvalue weighted by Crippen LogP contribution is 2.23. The molecule has 3 rings (SSSR count). The van der Waals surface area contributed by atoms with Crippen LogP contribution in [-0.2, 0) is 11.2 Å². The number of hydrogen-bond donors (Lipinski definition) is 1. The number of carbonyl (C=O) groups is 1. The first kappa shape index (κ1) is 13.7. The monoisotopic (exact) mass is 302 g/mol. The summed E-state index contributed by atoms with van der Waals surface area (Å²) in [6.45, 7) is 4.07. The molecule has 2 heterocycles. The maximum atomic E-state index is 12.0. The quantitative estimate of drug-likeness (QED) is 0.801. The van der Waals surface area contributed by atoms with Crippen molar-refractivity contribution in [2.24, 2.45) is 0 Å². The number of nitrogens with zero attached hydrogens (tertiary/aromatic N) is 3. The zero-order valence-corrected chi connectivity index (χ0v) is 12.5. The first-order valence-corrected chi connectivity index (χ1v) is 7.41. The molecule has 0 aliphatic heterocycles. The number of para-hydroxylation sites is 1. The number of rotatable bonds is 4. The van der Waals surface area contributed by atoms with Gasteiger partial charge in [-0.25, -0.2) is 0 Å². The summed E-state index contributed by atoms with van der Waals surface area (Å²) in [5, 5.41) is 16.9. The standard InChI is InChI=1S/C14H14N4O2S/c1-8(2)13-16-17-14(21-13)15-12(19)7-10-9-5-3-4-6-11(9)20-18-10/h3-6,8H,7H2,1-2H3,(H,15,17,19). The minimum atomic E-state index is -0.180. The first-order valence-electron chi connectivity index (χ1n) is 6.60. The third kappa shape index (κ3) is 2.92. The van der Waals surface area contributed by atoms with E-state index in [1.165, 1.54) is 11.3 Å². The van der Waals surface area contributed by atoms with E-state index in [0.717, 1.165) is 10.4 Å². The second-order valence-electron chi connectivity index (χ2n) is 4.95. The molecule has 0 saturated carbocycles. The lowest BCUT2D eigenvalue weighted by atomic mass is 10.2. The summed E-state index contributed by atoms with van der Waals surface area (Å²) in [5.74, 6) is 0.119. The molecular weight excluding hydrogens is 288 g/mol. The van der Waals surface area contributed by atoms with Gasteiger partial charge in [0.2, 0.25) is 11.0 Å². The molecule has 108 valence electrons. The van der Waals surface area contributed by atoms with Gasteiger partial charge in [0, 0.05) is 11.3 Å². The van der Waals surface area contributed by atoms with Gasteiger partial charge < -0.3 is 9.84 Å². The summed E-state index contributed by atoms with van der Waals surface area (Å²) in [6, 6.07) is 7.46. The molecule has 1 aromatic carbocycles. The Morgan fingerprint density at radius 3 is 2.90 bits per heavy atom. The predicted molar refractivity (Wildman–Crippen MR) is 80.3 cm³/mol. The van der Waals surface area contributed by atoms with Crippen molar-refractivity contribution >= 4 is 33.3 Å². The predicted octanol–water partition coefficient (Wildman–Crippen LogP) is 2.98. The van der Waals surface area contributed by atoms with Crippen LogP contribution in [0, 0.1) is 0 Å². The maximum absolute atomic E-state index is 12.0. The fraction of sp³-hybridized carbons (Fsp3) is 0.286. The van der Waals surface area contributed by atoms with E-state index in [4.69, 9.17) is 4.52 Å². The number of carbonyl (C=O) groups excluding carboxylic acids is 1. The third-order valence-corrected chi connectivity index (χ3v) is 4.10. The van der Waals surface area contributed by atoms with Crippen LogP contribution in [0.1, 0.15) is 30.5 Å². The summed E-state index contributed by atoms with van der Waals surface area (Å²) < 4.78 is 5.18. The number of hydrogen-bond acceptors (Lipinski definition) is 6. The number of nitrogens with one attached hydrogen (secondary N) is 1. The van der Waals surface area contributed by atoms with E-state index in [1.807, 2.05) is 38.1 Å². The number of anilines is 1. The highest BCUT2D eigenvalue weighted by Gasteiger charge is 2.14. The smallest absolute Gasteiger partial charge is 0.232 e. The Labute approximate surface area is 125 Å². The molecule has 0 atom stereocenters. The van der Waals surface area contributed by atoms with Crippen LogP contribution in [0.15, 0.2) is 28.8 Å². The largest absolute Gasteiger partial charge is 0.356 e. The van der Waals surface area contributed by atoms with Gasteiger partial charge >= 0.3 is 0 Å². The Bertz CT molecular complexity index is 778. The molecule has 3 aromatic rings. The van der Waals surface area contributed by atoms with E-state index in [2.05, 4.69) is 20.7 Å². The van der Waals surface area contributed by atoms with E-state index in [0.29, 0.717) is 22.3 Å². The molecule has 0 unspecified atom stereocenters. The summed E-state index contributed by atoms with van der Waals surface area (Å²) in [7, 11) is 0. The Kier molecular flexibility index (Phi) is 3.66. The van der Waals surface area contributed by atoms with Gasteiger partial charge in [0.15, 0.2) is 5.58 Å². The van der Waals surface area contributed by atoms with Crippen molar-refractivity contribution in [2.75, 3.05) is 5.32 Å². The number of fused-ring (bicyclic) bond motifs is 1. The Balaban J connectivity index is 1.71. The average Bonchev–Trinajstić information content (AvgIpc) is 3.07. The minimum Gasteiger partial charge on any atom is -0.356 e. The molecule has 21 heavy (non-hydrogen) atoms. The molecule has 0 aliphatic carbocycles. The van der Waals surface area contributed by atoms with Gasteiger partial charge in [-0.3, -0.25) is 4.79 Å². The SMILES string of the molecule is CC(C)c1nnc(NC(=O)Cc2noc3ccccc23)s1. The van der Waals surface area contributed by atoms with E-state index >= 15 is 0 Å². The summed E-state index contributed by atoms with van der Waals surface area (Å²) in [4.78, 5) is 12.0. The van der Waals surface area contributed by atoms with Gasteiger partial charge in [-0.15, -0.1) is 10.2 Å². The highest BCUT2D eigenvalue weighted by atomic mass is 32.1. The van der Waals surface area contributed by atoms with Crippen molar-refractivity contribution in [3.63, 3.8) is 0 Å². The fourth-order valence-electron chi connectivity index (χ4n) is 1.90. The molecule has 0 saturated heterocycles. The average molecular weight is 302 g/mol. The van der Waals surface area contributed by atoms with Crippen LogP contribution in [0.4, 0.5) is 5.13 Å². The number of aromatic nitrogens is 3. The van der Waals surface area contributed by atoms with Crippen LogP contribution < -0.4 is 5.32 Å². The first-order chi connectivity index (χ1) is 10.1. The van der Waals surface area contributed by atoms with E-state index < -0.39 is 0 Å². The third-order valence-electron chi connectivity index (χ3n) is 2.96. The molecule has 0 fully saturated rings. The van der Waals surface area contributed by atoms with Crippen LogP contribution in [0.2, 0.25) is 0 Å². The molecule has 2 aromatic heterocycles. The van der Waals surface area contributed by atoms with Gasteiger partial charge in [-0.05, 0) is 12.1 Å². The van der Waals surface area contributed by atoms with Gasteiger partial charge in [0.25, 0.3) is 0 Å². The van der Waals surface area contributed by atoms with Crippen LogP contribution >= 0.6 is 11.3 Å². The normalized spacial score (nSPS) is 11.2. The molecule has 6 nitrogen and oxygen atoms in total. The van der Waals surface area contributed by atoms with Crippen molar-refractivity contribution in [3.8, 4) is 0 Å². The van der Waals surface area contributed by atoms with Gasteiger partial charge in [0.05, 0.1) is 6.42 Å².